The average Bonchev–Trinajstić information content (AvgIpc) is 2.25. The number of carbonyl (C=O) groups is 1. The highest BCUT2D eigenvalue weighted by Crippen LogP contribution is 2.08. The highest BCUT2D eigenvalue weighted by Gasteiger charge is 2.34. The first kappa shape index (κ1) is 16.4. The molecule has 0 unspecified atom stereocenters. The minimum absolute atomic E-state index is 0.0786. The average molecular weight is 273 g/mol. The number of nitrogens with one attached hydrogen (secondary N) is 1. The molecular weight excluding hydrogens is 258 g/mol. The van der Waals surface area contributed by atoms with Gasteiger partial charge in [0.15, 0.2) is 0 Å². The van der Waals surface area contributed by atoms with Crippen LogP contribution in [0.15, 0.2) is 0 Å². The second kappa shape index (κ2) is 6.96. The molecule has 0 aromatic heterocycles. The molecule has 0 fully saturated rings. The van der Waals surface area contributed by atoms with E-state index < -0.39 is 41.3 Å². The third-order valence-electron chi connectivity index (χ3n) is 1.98. The van der Waals surface area contributed by atoms with Crippen LogP contribution in [-0.2, 0) is 19.8 Å². The monoisotopic (exact) mass is 273 g/mol. The number of aliphatic hydroxyl groups is 3. The maximum Gasteiger partial charge on any atom is 0.334 e. The zero-order valence-corrected chi connectivity index (χ0v) is 9.74. The number of carbonyl (C=O) groups excluding carboxylic acids is 1. The summed E-state index contributed by atoms with van der Waals surface area (Å²) in [7, 11) is -3.62. The van der Waals surface area contributed by atoms with Crippen molar-refractivity contribution in [2.45, 2.75) is 24.4 Å². The van der Waals surface area contributed by atoms with Crippen LogP contribution in [0.25, 0.3) is 0 Å². The lowest BCUT2D eigenvalue weighted by Gasteiger charge is -2.28. The Kier molecular flexibility index (Phi) is 6.70. The smallest absolute Gasteiger partial charge is 0.334 e. The fourth-order valence-corrected chi connectivity index (χ4v) is 1.70. The number of methoxy groups -OCH3 is 1. The van der Waals surface area contributed by atoms with Crippen LogP contribution >= 0.6 is 0 Å². The van der Waals surface area contributed by atoms with E-state index in [1.807, 2.05) is 0 Å². The van der Waals surface area contributed by atoms with E-state index in [2.05, 4.69) is 4.74 Å². The summed E-state index contributed by atoms with van der Waals surface area (Å²) in [6, 6.07) is -1.61. The van der Waals surface area contributed by atoms with Crippen molar-refractivity contribution in [2.75, 3.05) is 13.7 Å². The van der Waals surface area contributed by atoms with Crippen LogP contribution in [0.4, 0.5) is 0 Å². The number of hydrogen-bond donors (Lipinski definition) is 5. The van der Waals surface area contributed by atoms with E-state index in [0.29, 0.717) is 0 Å². The molecule has 102 valence electrons. The highest BCUT2D eigenvalue weighted by atomic mass is 32.2. The van der Waals surface area contributed by atoms with Crippen molar-refractivity contribution in [3.63, 3.8) is 0 Å². The second-order valence-corrected chi connectivity index (χ2v) is 4.38. The molecule has 0 aliphatic heterocycles. The molecule has 0 radical (unpaired) electrons. The molecule has 0 heterocycles. The van der Waals surface area contributed by atoms with E-state index in [1.165, 1.54) is 4.72 Å². The molecule has 10 heteroatoms. The van der Waals surface area contributed by atoms with Gasteiger partial charge in [-0.2, -0.15) is 13.1 Å². The van der Waals surface area contributed by atoms with Crippen molar-refractivity contribution in [1.29, 1.82) is 0 Å². The normalized spacial score (nSPS) is 19.4. The molecule has 0 saturated carbocycles. The molecule has 0 spiro atoms. The van der Waals surface area contributed by atoms with Gasteiger partial charge >= 0.3 is 10.3 Å². The molecule has 0 amide bonds. The number of ether oxygens (including phenoxy) is 1. The van der Waals surface area contributed by atoms with E-state index in [4.69, 9.17) is 14.8 Å². The molecule has 4 atom stereocenters. The zero-order valence-electron chi connectivity index (χ0n) is 8.92. The van der Waals surface area contributed by atoms with Gasteiger partial charge in [-0.1, -0.05) is 0 Å². The molecule has 0 rings (SSSR count). The largest absolute Gasteiger partial charge is 0.394 e. The van der Waals surface area contributed by atoms with Crippen LogP contribution in [-0.4, -0.2) is 72.6 Å². The fourth-order valence-electron chi connectivity index (χ4n) is 1.17. The molecule has 0 aliphatic rings. The minimum atomic E-state index is -4.67. The first-order valence-corrected chi connectivity index (χ1v) is 5.90. The third kappa shape index (κ3) is 5.50. The first-order valence-electron chi connectivity index (χ1n) is 4.46. The Labute approximate surface area is 97.9 Å². The molecule has 9 nitrogen and oxygen atoms in total. The van der Waals surface area contributed by atoms with Crippen LogP contribution in [0.2, 0.25) is 0 Å². The van der Waals surface area contributed by atoms with E-state index >= 15 is 0 Å². The first-order chi connectivity index (χ1) is 7.76. The van der Waals surface area contributed by atoms with Crippen molar-refractivity contribution in [2.24, 2.45) is 0 Å². The summed E-state index contributed by atoms with van der Waals surface area (Å²) in [6.45, 7) is -0.807. The number of aliphatic hydroxyl groups excluding tert-OH is 3. The molecule has 0 bridgehead atoms. The van der Waals surface area contributed by atoms with Gasteiger partial charge in [0, 0.05) is 7.11 Å². The molecule has 0 aromatic rings. The van der Waals surface area contributed by atoms with E-state index in [1.54, 1.807) is 0 Å². The second-order valence-electron chi connectivity index (χ2n) is 3.20. The van der Waals surface area contributed by atoms with Gasteiger partial charge < -0.3 is 24.9 Å². The van der Waals surface area contributed by atoms with Gasteiger partial charge in [0.1, 0.15) is 30.6 Å². The van der Waals surface area contributed by atoms with Gasteiger partial charge in [-0.25, -0.2) is 0 Å². The summed E-state index contributed by atoms with van der Waals surface area (Å²) in [6.07, 6.45) is -4.72. The van der Waals surface area contributed by atoms with Crippen molar-refractivity contribution in [3.8, 4) is 0 Å². The Hall–Kier alpha value is -0.620. The lowest BCUT2D eigenvalue weighted by molar-refractivity contribution is -0.123. The van der Waals surface area contributed by atoms with Crippen molar-refractivity contribution >= 4 is 16.6 Å². The molecule has 5 N–H and O–H groups in total. The highest BCUT2D eigenvalue weighted by molar-refractivity contribution is 7.83. The van der Waals surface area contributed by atoms with Crippen molar-refractivity contribution in [3.05, 3.63) is 0 Å². The Bertz CT molecular complexity index is 331. The standard InChI is InChI=1S/C7H15NO8S/c1-16-7(6(12)5(11)3-10)4(2-9)8-17(13,14)15/h2,4-8,10-12H,3H2,1H3,(H,13,14,15)/t4-,5-,6-,7-/m1/s1. The quantitative estimate of drug-likeness (QED) is 0.227. The van der Waals surface area contributed by atoms with Crippen LogP contribution in [0.5, 0.6) is 0 Å². The van der Waals surface area contributed by atoms with Crippen molar-refractivity contribution < 1.29 is 37.8 Å². The van der Waals surface area contributed by atoms with Crippen molar-refractivity contribution in [1.82, 2.24) is 4.72 Å². The number of hydrogen-bond acceptors (Lipinski definition) is 7. The molecule has 17 heavy (non-hydrogen) atoms. The Balaban J connectivity index is 4.87. The Morgan fingerprint density at radius 1 is 1.41 bits per heavy atom. The fraction of sp³-hybridized carbons (Fsp3) is 0.857. The summed E-state index contributed by atoms with van der Waals surface area (Å²) in [4.78, 5) is 10.6. The summed E-state index contributed by atoms with van der Waals surface area (Å²) >= 11 is 0. The SMILES string of the molecule is CO[C@@H]([C@H](O)[C@H](O)CO)[C@@H](C=O)NS(=O)(=O)O. The summed E-state index contributed by atoms with van der Waals surface area (Å²) < 4.78 is 35.7. The number of rotatable bonds is 8. The predicted molar refractivity (Wildman–Crippen MR) is 54.4 cm³/mol. The summed E-state index contributed by atoms with van der Waals surface area (Å²) in [5.41, 5.74) is 0. The third-order valence-corrected chi connectivity index (χ3v) is 2.55. The topological polar surface area (TPSA) is 153 Å². The lowest BCUT2D eigenvalue weighted by atomic mass is 10.0. The maximum absolute atomic E-state index is 10.6. The van der Waals surface area contributed by atoms with Crippen LogP contribution in [0.3, 0.4) is 0 Å². The number of aldehydes is 1. The Morgan fingerprint density at radius 3 is 2.24 bits per heavy atom. The predicted octanol–water partition coefficient (Wildman–Crippen LogP) is -3.32. The molecule has 0 aromatic carbocycles. The van der Waals surface area contributed by atoms with Gasteiger partial charge in [-0.05, 0) is 0 Å². The maximum atomic E-state index is 10.6. The van der Waals surface area contributed by atoms with Gasteiger partial charge in [0.2, 0.25) is 0 Å². The van der Waals surface area contributed by atoms with Gasteiger partial charge in [0.05, 0.1) is 6.61 Å². The molecule has 0 aliphatic carbocycles. The lowest BCUT2D eigenvalue weighted by Crippen LogP contribution is -2.54. The van der Waals surface area contributed by atoms with E-state index in [0.717, 1.165) is 7.11 Å². The molecule has 0 saturated heterocycles. The summed E-state index contributed by atoms with van der Waals surface area (Å²) in [5, 5.41) is 27.2. The van der Waals surface area contributed by atoms with Crippen LogP contribution in [0, 0.1) is 0 Å². The Morgan fingerprint density at radius 2 is 1.94 bits per heavy atom. The van der Waals surface area contributed by atoms with Gasteiger partial charge in [-0.3, -0.25) is 4.55 Å². The minimum Gasteiger partial charge on any atom is -0.394 e. The van der Waals surface area contributed by atoms with Gasteiger partial charge in [0.25, 0.3) is 0 Å². The van der Waals surface area contributed by atoms with Crippen LogP contribution in [0.1, 0.15) is 0 Å². The van der Waals surface area contributed by atoms with E-state index in [-0.39, 0.29) is 6.29 Å². The zero-order chi connectivity index (χ0) is 13.6. The summed E-state index contributed by atoms with van der Waals surface area (Å²) in [5.74, 6) is 0. The molecular formula is C7H15NO8S. The van der Waals surface area contributed by atoms with Gasteiger partial charge in [-0.15, -0.1) is 0 Å². The van der Waals surface area contributed by atoms with E-state index in [9.17, 15) is 18.3 Å². The van der Waals surface area contributed by atoms with Crippen LogP contribution < -0.4 is 4.72 Å².